The van der Waals surface area contributed by atoms with Gasteiger partial charge in [0.1, 0.15) is 11.7 Å². The van der Waals surface area contributed by atoms with Crippen LogP contribution in [0.15, 0.2) is 42.6 Å². The van der Waals surface area contributed by atoms with Crippen molar-refractivity contribution < 1.29 is 22.3 Å². The first kappa shape index (κ1) is 23.1. The highest BCUT2D eigenvalue weighted by Gasteiger charge is 2.46. The minimum absolute atomic E-state index is 0.0729. The van der Waals surface area contributed by atoms with Gasteiger partial charge < -0.3 is 10.5 Å². The molecule has 1 aromatic carbocycles. The Kier molecular flexibility index (Phi) is 5.56. The third-order valence-corrected chi connectivity index (χ3v) is 6.82. The van der Waals surface area contributed by atoms with Crippen molar-refractivity contribution in [1.29, 1.82) is 0 Å². The number of aromatic nitrogens is 4. The van der Waals surface area contributed by atoms with E-state index in [9.17, 15) is 17.6 Å². The zero-order valence-electron chi connectivity index (χ0n) is 19.2. The molecule has 1 saturated heterocycles. The molecule has 2 fully saturated rings. The van der Waals surface area contributed by atoms with Crippen LogP contribution in [0.2, 0.25) is 0 Å². The molecule has 4 aromatic rings. The third-order valence-electron chi connectivity index (χ3n) is 6.82. The molecule has 11 heteroatoms. The number of halogens is 4. The van der Waals surface area contributed by atoms with Crippen molar-refractivity contribution in [3.8, 4) is 17.3 Å². The molecule has 1 aliphatic carbocycles. The third kappa shape index (κ3) is 4.37. The van der Waals surface area contributed by atoms with Crippen LogP contribution in [0, 0.1) is 11.7 Å². The smallest absolute Gasteiger partial charge is 0.408 e. The number of rotatable bonds is 6. The van der Waals surface area contributed by atoms with E-state index in [1.165, 1.54) is 33.7 Å². The van der Waals surface area contributed by atoms with Gasteiger partial charge in [0.15, 0.2) is 23.0 Å². The topological polar surface area (TPSA) is 81.6 Å². The number of benzene rings is 1. The average Bonchev–Trinajstić information content (AvgIpc) is 3.42. The molecule has 1 saturated carbocycles. The molecule has 2 N–H and O–H groups in total. The molecule has 0 amide bonds. The van der Waals surface area contributed by atoms with Gasteiger partial charge in [-0.05, 0) is 48.9 Å². The summed E-state index contributed by atoms with van der Waals surface area (Å²) in [6.45, 7) is 0.902. The molecule has 4 heterocycles. The van der Waals surface area contributed by atoms with E-state index in [0.717, 1.165) is 12.8 Å². The van der Waals surface area contributed by atoms with Crippen LogP contribution in [0.4, 0.5) is 17.6 Å². The van der Waals surface area contributed by atoms with E-state index in [4.69, 9.17) is 10.5 Å². The Labute approximate surface area is 203 Å². The van der Waals surface area contributed by atoms with Crippen molar-refractivity contribution in [1.82, 2.24) is 24.5 Å². The molecule has 2 atom stereocenters. The monoisotopic (exact) mass is 500 g/mol. The Morgan fingerprint density at radius 3 is 2.64 bits per heavy atom. The van der Waals surface area contributed by atoms with E-state index in [-0.39, 0.29) is 36.3 Å². The number of hydrogen-bond donors (Lipinski definition) is 1. The first-order chi connectivity index (χ1) is 17.3. The summed E-state index contributed by atoms with van der Waals surface area (Å²) in [4.78, 5) is 5.97. The van der Waals surface area contributed by atoms with Crippen LogP contribution >= 0.6 is 0 Å². The van der Waals surface area contributed by atoms with Gasteiger partial charge in [0.05, 0.1) is 12.1 Å². The number of nitrogens with two attached hydrogens (primary N) is 1. The van der Waals surface area contributed by atoms with Crippen LogP contribution < -0.4 is 10.5 Å². The van der Waals surface area contributed by atoms with E-state index in [1.54, 1.807) is 18.2 Å². The van der Waals surface area contributed by atoms with Crippen LogP contribution in [0.1, 0.15) is 30.9 Å². The second-order valence-electron chi connectivity index (χ2n) is 9.63. The van der Waals surface area contributed by atoms with Gasteiger partial charge in [-0.25, -0.2) is 9.37 Å². The van der Waals surface area contributed by atoms with Gasteiger partial charge in [-0.3, -0.25) is 9.30 Å². The van der Waals surface area contributed by atoms with Crippen molar-refractivity contribution in [2.45, 2.75) is 37.5 Å². The number of pyridine rings is 2. The molecule has 188 valence electrons. The lowest BCUT2D eigenvalue weighted by molar-refractivity contribution is -0.183. The molecule has 7 nitrogen and oxygen atoms in total. The molecule has 0 bridgehead atoms. The predicted molar refractivity (Wildman–Crippen MR) is 125 cm³/mol. The Morgan fingerprint density at radius 1 is 1.08 bits per heavy atom. The fourth-order valence-corrected chi connectivity index (χ4v) is 4.75. The summed E-state index contributed by atoms with van der Waals surface area (Å²) in [7, 11) is 0. The summed E-state index contributed by atoms with van der Waals surface area (Å²) in [5, 5.41) is 8.87. The molecular formula is C25H24F4N6O. The summed E-state index contributed by atoms with van der Waals surface area (Å²) in [5.41, 5.74) is 7.24. The molecule has 0 spiro atoms. The quantitative estimate of drug-likeness (QED) is 0.393. The Hall–Kier alpha value is -3.31. The zero-order valence-corrected chi connectivity index (χ0v) is 19.2. The SMILES string of the molecule is NC1CCN(C(c2ccc3nnc(-c4ccc5cc(F)c(OCC6CC6)cc5n4)n3c2)C(F)(F)F)C1. The van der Waals surface area contributed by atoms with E-state index in [1.807, 2.05) is 0 Å². The minimum Gasteiger partial charge on any atom is -0.490 e. The zero-order chi connectivity index (χ0) is 25.0. The number of alkyl halides is 3. The molecule has 6 rings (SSSR count). The first-order valence-corrected chi connectivity index (χ1v) is 11.9. The van der Waals surface area contributed by atoms with Gasteiger partial charge in [-0.15, -0.1) is 10.2 Å². The Morgan fingerprint density at radius 2 is 1.92 bits per heavy atom. The van der Waals surface area contributed by atoms with Crippen molar-refractivity contribution in [3.63, 3.8) is 0 Å². The second-order valence-corrected chi connectivity index (χ2v) is 9.63. The highest BCUT2D eigenvalue weighted by Crippen LogP contribution is 2.39. The molecule has 2 unspecified atom stereocenters. The van der Waals surface area contributed by atoms with E-state index in [2.05, 4.69) is 15.2 Å². The van der Waals surface area contributed by atoms with E-state index >= 15 is 0 Å². The van der Waals surface area contributed by atoms with Gasteiger partial charge in [-0.2, -0.15) is 13.2 Å². The van der Waals surface area contributed by atoms with Crippen LogP contribution in [0.3, 0.4) is 0 Å². The molecule has 0 radical (unpaired) electrons. The standard InChI is InChI=1S/C25H24F4N6O/c26-18-9-15-3-5-19(31-20(15)10-21(18)36-13-14-1-2-14)24-33-32-22-6-4-16(11-35(22)24)23(25(27,28)29)34-8-7-17(30)12-34/h3-6,9-11,14,17,23H,1-2,7-8,12-13,30H2. The van der Waals surface area contributed by atoms with Gasteiger partial charge >= 0.3 is 6.18 Å². The normalized spacial score (nSPS) is 19.9. The number of nitrogens with zero attached hydrogens (tertiary/aromatic N) is 5. The summed E-state index contributed by atoms with van der Waals surface area (Å²) in [6, 6.07) is 7.12. The number of ether oxygens (including phenoxy) is 1. The highest BCUT2D eigenvalue weighted by atomic mass is 19.4. The Balaban J connectivity index is 1.38. The number of hydrogen-bond acceptors (Lipinski definition) is 6. The van der Waals surface area contributed by atoms with Crippen molar-refractivity contribution in [3.05, 3.63) is 54.0 Å². The molecular weight excluding hydrogens is 476 g/mol. The number of fused-ring (bicyclic) bond motifs is 2. The fourth-order valence-electron chi connectivity index (χ4n) is 4.75. The molecule has 1 aliphatic heterocycles. The number of likely N-dealkylation sites (tertiary alicyclic amines) is 1. The second kappa shape index (κ2) is 8.67. The van der Waals surface area contributed by atoms with E-state index < -0.39 is 18.0 Å². The van der Waals surface area contributed by atoms with E-state index in [0.29, 0.717) is 41.2 Å². The largest absolute Gasteiger partial charge is 0.490 e. The molecule has 2 aliphatic rings. The van der Waals surface area contributed by atoms with Crippen molar-refractivity contribution in [2.75, 3.05) is 19.7 Å². The van der Waals surface area contributed by atoms with Crippen LogP contribution in [0.25, 0.3) is 28.1 Å². The predicted octanol–water partition coefficient (Wildman–Crippen LogP) is 4.51. The van der Waals surface area contributed by atoms with Crippen molar-refractivity contribution >= 4 is 16.6 Å². The van der Waals surface area contributed by atoms with Crippen molar-refractivity contribution in [2.24, 2.45) is 11.7 Å². The average molecular weight is 501 g/mol. The van der Waals surface area contributed by atoms with Gasteiger partial charge in [0.2, 0.25) is 0 Å². The maximum absolute atomic E-state index is 14.5. The lowest BCUT2D eigenvalue weighted by atomic mass is 10.1. The summed E-state index contributed by atoms with van der Waals surface area (Å²) >= 11 is 0. The van der Waals surface area contributed by atoms with Crippen LogP contribution in [0.5, 0.6) is 5.75 Å². The van der Waals surface area contributed by atoms with Gasteiger partial charge in [-0.1, -0.05) is 12.1 Å². The first-order valence-electron chi connectivity index (χ1n) is 11.9. The lowest BCUT2D eigenvalue weighted by Gasteiger charge is -2.30. The maximum Gasteiger partial charge on any atom is 0.408 e. The fraction of sp³-hybridized carbons (Fsp3) is 0.400. The summed E-state index contributed by atoms with van der Waals surface area (Å²) in [5.74, 6) is 0.421. The lowest BCUT2D eigenvalue weighted by Crippen LogP contribution is -2.38. The Bertz CT molecular complexity index is 1430. The summed E-state index contributed by atoms with van der Waals surface area (Å²) in [6.07, 6.45) is -0.388. The maximum atomic E-state index is 14.5. The minimum atomic E-state index is -4.48. The molecule has 3 aromatic heterocycles. The van der Waals surface area contributed by atoms with Crippen LogP contribution in [-0.4, -0.2) is 56.4 Å². The summed E-state index contributed by atoms with van der Waals surface area (Å²) < 4.78 is 63.9. The van der Waals surface area contributed by atoms with Gasteiger partial charge in [0.25, 0.3) is 0 Å². The van der Waals surface area contributed by atoms with Crippen LogP contribution in [-0.2, 0) is 0 Å². The highest BCUT2D eigenvalue weighted by molar-refractivity contribution is 5.82. The van der Waals surface area contributed by atoms with Gasteiger partial charge in [0, 0.05) is 36.8 Å². The molecule has 36 heavy (non-hydrogen) atoms.